The van der Waals surface area contributed by atoms with Gasteiger partial charge >= 0.3 is 0 Å². The van der Waals surface area contributed by atoms with E-state index in [-0.39, 0.29) is 0 Å². The second kappa shape index (κ2) is 9.07. The molecule has 5 heteroatoms. The summed E-state index contributed by atoms with van der Waals surface area (Å²) in [5.74, 6) is -0.613. The van der Waals surface area contributed by atoms with Crippen LogP contribution in [0.4, 0.5) is 0 Å². The van der Waals surface area contributed by atoms with Crippen molar-refractivity contribution >= 4 is 17.9 Å². The molecule has 1 aliphatic rings. The molecule has 0 spiro atoms. The number of hydrogen-bond donors (Lipinski definition) is 2. The molecular weight excluding hydrogens is 254 g/mol. The lowest BCUT2D eigenvalue weighted by Crippen LogP contribution is -2.44. The molecule has 0 aromatic heterocycles. The van der Waals surface area contributed by atoms with Gasteiger partial charge in [0.15, 0.2) is 0 Å². The van der Waals surface area contributed by atoms with Gasteiger partial charge in [0, 0.05) is 19.0 Å². The maximum absolute atomic E-state index is 11.9. The normalized spacial score (nSPS) is 18.4. The lowest BCUT2D eigenvalue weighted by molar-refractivity contribution is -0.139. The summed E-state index contributed by atoms with van der Waals surface area (Å²) >= 11 is 0. The average Bonchev–Trinajstić information content (AvgIpc) is 2.47. The number of hydrogen-bond acceptors (Lipinski definition) is 4. The Kier molecular flexibility index (Phi) is 7.32. The third kappa shape index (κ3) is 5.38. The highest BCUT2D eigenvalue weighted by molar-refractivity contribution is 6.38. The van der Waals surface area contributed by atoms with Crippen LogP contribution in [0.1, 0.15) is 32.6 Å². The van der Waals surface area contributed by atoms with E-state index in [1.165, 1.54) is 6.20 Å². The van der Waals surface area contributed by atoms with Crippen LogP contribution in [-0.4, -0.2) is 30.5 Å². The SMILES string of the molecule is C=CNC(CCC)C(=O)C(=O)NCCC1C=NC=CC1. The van der Waals surface area contributed by atoms with Gasteiger partial charge in [-0.3, -0.25) is 14.6 Å². The largest absolute Gasteiger partial charge is 0.381 e. The highest BCUT2D eigenvalue weighted by Gasteiger charge is 2.23. The first-order chi connectivity index (χ1) is 9.69. The maximum atomic E-state index is 11.9. The van der Waals surface area contributed by atoms with Crippen molar-refractivity contribution in [2.75, 3.05) is 6.54 Å². The summed E-state index contributed by atoms with van der Waals surface area (Å²) < 4.78 is 0. The topological polar surface area (TPSA) is 70.6 Å². The Morgan fingerprint density at radius 2 is 2.35 bits per heavy atom. The fourth-order valence-corrected chi connectivity index (χ4v) is 2.06. The molecule has 0 radical (unpaired) electrons. The number of carbonyl (C=O) groups excluding carboxylic acids is 2. The van der Waals surface area contributed by atoms with Crippen LogP contribution in [0.15, 0.2) is 30.0 Å². The van der Waals surface area contributed by atoms with E-state index in [0.717, 1.165) is 19.3 Å². The molecule has 0 saturated carbocycles. The third-order valence-electron chi connectivity index (χ3n) is 3.16. The standard InChI is InChI=1S/C15H23N3O2/c1-3-6-13(17-4-2)14(19)15(20)18-10-8-12-7-5-9-16-11-12/h4-5,9,11-13,17H,2-3,6-8,10H2,1H3,(H,18,20). The molecule has 0 aromatic carbocycles. The quantitative estimate of drug-likeness (QED) is 0.628. The van der Waals surface area contributed by atoms with Crippen LogP contribution in [-0.2, 0) is 9.59 Å². The second-order valence-electron chi connectivity index (χ2n) is 4.80. The number of nitrogens with zero attached hydrogens (tertiary/aromatic N) is 1. The van der Waals surface area contributed by atoms with Gasteiger partial charge < -0.3 is 10.6 Å². The summed E-state index contributed by atoms with van der Waals surface area (Å²) in [6.45, 7) is 5.99. The summed E-state index contributed by atoms with van der Waals surface area (Å²) in [5, 5.41) is 5.51. The first-order valence-corrected chi connectivity index (χ1v) is 7.06. The molecule has 1 amide bonds. The molecular formula is C15H23N3O2. The van der Waals surface area contributed by atoms with E-state index < -0.39 is 17.7 Å². The molecule has 2 atom stereocenters. The zero-order chi connectivity index (χ0) is 14.8. The highest BCUT2D eigenvalue weighted by Crippen LogP contribution is 2.10. The number of Topliss-reactive ketones (excluding diaryl/α,β-unsaturated/α-hetero) is 1. The van der Waals surface area contributed by atoms with Crippen molar-refractivity contribution in [1.29, 1.82) is 0 Å². The van der Waals surface area contributed by atoms with Gasteiger partial charge in [0.25, 0.3) is 5.91 Å². The third-order valence-corrected chi connectivity index (χ3v) is 3.16. The smallest absolute Gasteiger partial charge is 0.289 e. The lowest BCUT2D eigenvalue weighted by atomic mass is 10.0. The first kappa shape index (κ1) is 16.1. The molecule has 0 aliphatic carbocycles. The average molecular weight is 277 g/mol. The number of allylic oxidation sites excluding steroid dienone is 1. The summed E-state index contributed by atoms with van der Waals surface area (Å²) in [5.41, 5.74) is 0. The summed E-state index contributed by atoms with van der Waals surface area (Å²) in [4.78, 5) is 27.8. The van der Waals surface area contributed by atoms with Crippen LogP contribution in [0, 0.1) is 5.92 Å². The minimum Gasteiger partial charge on any atom is -0.381 e. The van der Waals surface area contributed by atoms with Crippen molar-refractivity contribution in [3.8, 4) is 0 Å². The first-order valence-electron chi connectivity index (χ1n) is 7.06. The lowest BCUT2D eigenvalue weighted by Gasteiger charge is -2.16. The van der Waals surface area contributed by atoms with Crippen LogP contribution in [0.25, 0.3) is 0 Å². The molecule has 0 saturated heterocycles. The van der Waals surface area contributed by atoms with Crippen molar-refractivity contribution < 1.29 is 9.59 Å². The Morgan fingerprint density at radius 3 is 2.95 bits per heavy atom. The van der Waals surface area contributed by atoms with E-state index in [4.69, 9.17) is 0 Å². The number of amides is 1. The molecule has 0 bridgehead atoms. The second-order valence-corrected chi connectivity index (χ2v) is 4.80. The fraction of sp³-hybridized carbons (Fsp3) is 0.533. The van der Waals surface area contributed by atoms with Gasteiger partial charge in [-0.05, 0) is 31.4 Å². The van der Waals surface area contributed by atoms with Crippen molar-refractivity contribution in [1.82, 2.24) is 10.6 Å². The number of rotatable bonds is 9. The molecule has 1 rings (SSSR count). The van der Waals surface area contributed by atoms with Gasteiger partial charge in [0.05, 0.1) is 6.04 Å². The fourth-order valence-electron chi connectivity index (χ4n) is 2.06. The molecule has 1 heterocycles. The Balaban J connectivity index is 2.32. The van der Waals surface area contributed by atoms with Crippen LogP contribution in [0.2, 0.25) is 0 Å². The van der Waals surface area contributed by atoms with E-state index in [2.05, 4.69) is 22.2 Å². The van der Waals surface area contributed by atoms with Crippen LogP contribution < -0.4 is 10.6 Å². The Labute approximate surface area is 120 Å². The zero-order valence-electron chi connectivity index (χ0n) is 12.0. The molecule has 2 unspecified atom stereocenters. The van der Waals surface area contributed by atoms with Gasteiger partial charge in [-0.2, -0.15) is 0 Å². The summed E-state index contributed by atoms with van der Waals surface area (Å²) in [6.07, 6.45) is 10.3. The van der Waals surface area contributed by atoms with E-state index in [0.29, 0.717) is 18.9 Å². The Bertz CT molecular complexity index is 402. The van der Waals surface area contributed by atoms with Gasteiger partial charge in [0.2, 0.25) is 5.78 Å². The highest BCUT2D eigenvalue weighted by atomic mass is 16.2. The number of ketones is 1. The zero-order valence-corrected chi connectivity index (χ0v) is 12.0. The summed E-state index contributed by atoms with van der Waals surface area (Å²) in [6, 6.07) is -0.475. The molecule has 0 aromatic rings. The van der Waals surface area contributed by atoms with Crippen LogP contribution in [0.5, 0.6) is 0 Å². The minimum absolute atomic E-state index is 0.341. The minimum atomic E-state index is -0.527. The number of aliphatic imine (C=N–C) groups is 1. The monoisotopic (exact) mass is 277 g/mol. The van der Waals surface area contributed by atoms with E-state index in [1.54, 1.807) is 6.20 Å². The van der Waals surface area contributed by atoms with Crippen molar-refractivity contribution in [3.05, 3.63) is 25.1 Å². The van der Waals surface area contributed by atoms with E-state index in [9.17, 15) is 9.59 Å². The number of carbonyl (C=O) groups is 2. The van der Waals surface area contributed by atoms with Crippen molar-refractivity contribution in [3.63, 3.8) is 0 Å². The van der Waals surface area contributed by atoms with Gasteiger partial charge in [0.1, 0.15) is 0 Å². The molecule has 1 aliphatic heterocycles. The van der Waals surface area contributed by atoms with E-state index in [1.807, 2.05) is 19.2 Å². The van der Waals surface area contributed by atoms with Crippen molar-refractivity contribution in [2.45, 2.75) is 38.6 Å². The predicted molar refractivity (Wildman–Crippen MR) is 80.4 cm³/mol. The molecule has 110 valence electrons. The van der Waals surface area contributed by atoms with Gasteiger partial charge in [-0.25, -0.2) is 0 Å². The van der Waals surface area contributed by atoms with Gasteiger partial charge in [-0.15, -0.1) is 0 Å². The predicted octanol–water partition coefficient (Wildman–Crippen LogP) is 1.57. The maximum Gasteiger partial charge on any atom is 0.289 e. The molecule has 20 heavy (non-hydrogen) atoms. The van der Waals surface area contributed by atoms with Crippen LogP contribution >= 0.6 is 0 Å². The Morgan fingerprint density at radius 1 is 1.55 bits per heavy atom. The van der Waals surface area contributed by atoms with Crippen LogP contribution in [0.3, 0.4) is 0 Å². The van der Waals surface area contributed by atoms with E-state index >= 15 is 0 Å². The molecule has 2 N–H and O–H groups in total. The molecule has 0 fully saturated rings. The van der Waals surface area contributed by atoms with Gasteiger partial charge in [-0.1, -0.05) is 26.0 Å². The number of nitrogens with one attached hydrogen (secondary N) is 2. The van der Waals surface area contributed by atoms with Crippen molar-refractivity contribution in [2.24, 2.45) is 10.9 Å². The molecule has 5 nitrogen and oxygen atoms in total. The summed E-state index contributed by atoms with van der Waals surface area (Å²) in [7, 11) is 0. The Hall–Kier alpha value is -1.91.